The van der Waals surface area contributed by atoms with Crippen LogP contribution in [-0.4, -0.2) is 89.3 Å². The smallest absolute Gasteiger partial charge is 0.253 e. The lowest BCUT2D eigenvalue weighted by molar-refractivity contribution is 0.0332. The van der Waals surface area contributed by atoms with E-state index in [1.54, 1.807) is 12.1 Å². The maximum Gasteiger partial charge on any atom is 0.253 e. The third-order valence-corrected chi connectivity index (χ3v) is 8.20. The molecule has 0 aliphatic carbocycles. The molecule has 1 aromatic rings. The predicted octanol–water partition coefficient (Wildman–Crippen LogP) is 1.72. The Bertz CT molecular complexity index is 858. The quantitative estimate of drug-likeness (QED) is 0.629. The number of hydrogen-bond acceptors (Lipinski definition) is 6. The number of carbonyl (C=O) groups is 1. The van der Waals surface area contributed by atoms with Crippen molar-refractivity contribution in [2.75, 3.05) is 59.1 Å². The first kappa shape index (κ1) is 23.6. The van der Waals surface area contributed by atoms with Gasteiger partial charge in [-0.2, -0.15) is 0 Å². The van der Waals surface area contributed by atoms with Gasteiger partial charge in [-0.15, -0.1) is 0 Å². The molecule has 0 bridgehead atoms. The number of sulfonamides is 1. The third kappa shape index (κ3) is 6.29. The van der Waals surface area contributed by atoms with Gasteiger partial charge in [0.05, 0.1) is 24.2 Å². The van der Waals surface area contributed by atoms with E-state index in [1.807, 2.05) is 4.90 Å². The number of carbonyl (C=O) groups excluding carboxylic acids is 1. The maximum atomic E-state index is 13.0. The summed E-state index contributed by atoms with van der Waals surface area (Å²) in [6.45, 7) is 7.16. The van der Waals surface area contributed by atoms with Crippen LogP contribution in [0.1, 0.15) is 42.5 Å². The van der Waals surface area contributed by atoms with Crippen molar-refractivity contribution < 1.29 is 22.7 Å². The second-order valence-corrected chi connectivity index (χ2v) is 10.8. The SMILES string of the molecule is O=C(c1cccc(S(=O)(=O)NCC2CCCO2)c1)N1CCC(CCN2CCOCC2)CC1. The van der Waals surface area contributed by atoms with Gasteiger partial charge in [-0.1, -0.05) is 6.07 Å². The molecule has 3 aliphatic rings. The van der Waals surface area contributed by atoms with Crippen LogP contribution in [0.25, 0.3) is 0 Å². The molecule has 1 unspecified atom stereocenters. The second kappa shape index (κ2) is 11.1. The maximum absolute atomic E-state index is 13.0. The summed E-state index contributed by atoms with van der Waals surface area (Å²) in [5.41, 5.74) is 0.428. The van der Waals surface area contributed by atoms with Crippen LogP contribution in [0.2, 0.25) is 0 Å². The Labute approximate surface area is 191 Å². The van der Waals surface area contributed by atoms with Crippen LogP contribution in [0.3, 0.4) is 0 Å². The molecule has 0 saturated carbocycles. The minimum absolute atomic E-state index is 0.0702. The predicted molar refractivity (Wildman–Crippen MR) is 121 cm³/mol. The van der Waals surface area contributed by atoms with Crippen LogP contribution in [0.4, 0.5) is 0 Å². The Morgan fingerprint density at radius 1 is 1.06 bits per heavy atom. The van der Waals surface area contributed by atoms with Crippen molar-refractivity contribution in [2.45, 2.75) is 43.1 Å². The van der Waals surface area contributed by atoms with Gasteiger partial charge < -0.3 is 14.4 Å². The van der Waals surface area contributed by atoms with E-state index in [4.69, 9.17) is 9.47 Å². The normalized spacial score (nSPS) is 23.5. The van der Waals surface area contributed by atoms with Crippen LogP contribution >= 0.6 is 0 Å². The van der Waals surface area contributed by atoms with E-state index in [-0.39, 0.29) is 23.5 Å². The van der Waals surface area contributed by atoms with Crippen molar-refractivity contribution in [2.24, 2.45) is 5.92 Å². The summed E-state index contributed by atoms with van der Waals surface area (Å²) >= 11 is 0. The Balaban J connectivity index is 1.28. The van der Waals surface area contributed by atoms with Gasteiger partial charge in [-0.3, -0.25) is 9.69 Å². The van der Waals surface area contributed by atoms with E-state index in [2.05, 4.69) is 9.62 Å². The number of amides is 1. The molecular formula is C23H35N3O5S. The van der Waals surface area contributed by atoms with E-state index < -0.39 is 10.0 Å². The first-order valence-corrected chi connectivity index (χ1v) is 13.3. The molecule has 4 rings (SSSR count). The first-order valence-electron chi connectivity index (χ1n) is 11.8. The number of piperidine rings is 1. The highest BCUT2D eigenvalue weighted by atomic mass is 32.2. The molecule has 1 amide bonds. The van der Waals surface area contributed by atoms with E-state index >= 15 is 0 Å². The minimum atomic E-state index is -3.68. The average Bonchev–Trinajstić information content (AvgIpc) is 3.36. The van der Waals surface area contributed by atoms with Crippen molar-refractivity contribution in [1.82, 2.24) is 14.5 Å². The fourth-order valence-electron chi connectivity index (χ4n) is 4.68. The molecular weight excluding hydrogens is 430 g/mol. The largest absolute Gasteiger partial charge is 0.379 e. The number of morpholine rings is 1. The van der Waals surface area contributed by atoms with Crippen LogP contribution in [0.15, 0.2) is 29.2 Å². The van der Waals surface area contributed by atoms with Gasteiger partial charge in [-0.05, 0) is 62.8 Å². The molecule has 1 atom stereocenters. The van der Waals surface area contributed by atoms with Gasteiger partial charge in [0.15, 0.2) is 0 Å². The number of hydrogen-bond donors (Lipinski definition) is 1. The number of rotatable bonds is 8. The van der Waals surface area contributed by atoms with E-state index in [0.717, 1.165) is 78.0 Å². The monoisotopic (exact) mass is 465 g/mol. The Hall–Kier alpha value is -1.52. The molecule has 3 fully saturated rings. The molecule has 9 heteroatoms. The summed E-state index contributed by atoms with van der Waals surface area (Å²) in [7, 11) is -3.68. The van der Waals surface area contributed by atoms with E-state index in [1.165, 1.54) is 12.1 Å². The molecule has 178 valence electrons. The molecule has 3 heterocycles. The highest BCUT2D eigenvalue weighted by Gasteiger charge is 2.26. The zero-order valence-corrected chi connectivity index (χ0v) is 19.5. The molecule has 1 aromatic carbocycles. The third-order valence-electron chi connectivity index (χ3n) is 6.78. The van der Waals surface area contributed by atoms with Gasteiger partial charge >= 0.3 is 0 Å². The topological polar surface area (TPSA) is 88.2 Å². The van der Waals surface area contributed by atoms with Gasteiger partial charge in [-0.25, -0.2) is 13.1 Å². The van der Waals surface area contributed by atoms with Gasteiger partial charge in [0.25, 0.3) is 5.91 Å². The number of likely N-dealkylation sites (tertiary alicyclic amines) is 1. The summed E-state index contributed by atoms with van der Waals surface area (Å²) in [5.74, 6) is 0.545. The summed E-state index contributed by atoms with van der Waals surface area (Å²) < 4.78 is 38.9. The van der Waals surface area contributed by atoms with Crippen molar-refractivity contribution >= 4 is 15.9 Å². The molecule has 0 spiro atoms. The highest BCUT2D eigenvalue weighted by Crippen LogP contribution is 2.23. The Morgan fingerprint density at radius 2 is 1.84 bits per heavy atom. The van der Waals surface area contributed by atoms with Crippen molar-refractivity contribution in [3.05, 3.63) is 29.8 Å². The molecule has 0 radical (unpaired) electrons. The number of nitrogens with one attached hydrogen (secondary N) is 1. The molecule has 32 heavy (non-hydrogen) atoms. The fourth-order valence-corrected chi connectivity index (χ4v) is 5.80. The van der Waals surface area contributed by atoms with Crippen molar-refractivity contribution in [1.29, 1.82) is 0 Å². The zero-order chi connectivity index (χ0) is 22.4. The summed E-state index contributed by atoms with van der Waals surface area (Å²) in [5, 5.41) is 0. The molecule has 8 nitrogen and oxygen atoms in total. The van der Waals surface area contributed by atoms with E-state index in [0.29, 0.717) is 18.1 Å². The zero-order valence-electron chi connectivity index (χ0n) is 18.7. The summed E-state index contributed by atoms with van der Waals surface area (Å²) in [6.07, 6.45) is 4.91. The lowest BCUT2D eigenvalue weighted by Crippen LogP contribution is -2.41. The number of ether oxygens (including phenoxy) is 2. The van der Waals surface area contributed by atoms with Crippen LogP contribution in [0.5, 0.6) is 0 Å². The number of benzene rings is 1. The molecule has 1 N–H and O–H groups in total. The van der Waals surface area contributed by atoms with Gasteiger partial charge in [0.2, 0.25) is 10.0 Å². The van der Waals surface area contributed by atoms with Crippen LogP contribution in [0, 0.1) is 5.92 Å². The van der Waals surface area contributed by atoms with Gasteiger partial charge in [0, 0.05) is 44.9 Å². The molecule has 3 aliphatic heterocycles. The lowest BCUT2D eigenvalue weighted by atomic mass is 9.93. The molecule has 3 saturated heterocycles. The standard InChI is InChI=1S/C23H35N3O5S/c27-23(26-10-7-19(8-11-26)6-9-25-12-15-30-16-13-25)20-3-1-5-22(17-20)32(28,29)24-18-21-4-2-14-31-21/h1,3,5,17,19,21,24H,2,4,6-16,18H2. The van der Waals surface area contributed by atoms with Gasteiger partial charge in [0.1, 0.15) is 0 Å². The average molecular weight is 466 g/mol. The summed E-state index contributed by atoms with van der Waals surface area (Å²) in [6, 6.07) is 6.37. The molecule has 0 aromatic heterocycles. The number of nitrogens with zero attached hydrogens (tertiary/aromatic N) is 2. The van der Waals surface area contributed by atoms with E-state index in [9.17, 15) is 13.2 Å². The first-order chi connectivity index (χ1) is 15.5. The van der Waals surface area contributed by atoms with Crippen molar-refractivity contribution in [3.63, 3.8) is 0 Å². The minimum Gasteiger partial charge on any atom is -0.379 e. The highest BCUT2D eigenvalue weighted by molar-refractivity contribution is 7.89. The second-order valence-electron chi connectivity index (χ2n) is 8.99. The lowest BCUT2D eigenvalue weighted by Gasteiger charge is -2.34. The Morgan fingerprint density at radius 3 is 2.56 bits per heavy atom. The van der Waals surface area contributed by atoms with Crippen LogP contribution < -0.4 is 4.72 Å². The van der Waals surface area contributed by atoms with Crippen molar-refractivity contribution in [3.8, 4) is 0 Å². The fraction of sp³-hybridized carbons (Fsp3) is 0.696. The van der Waals surface area contributed by atoms with Crippen LogP contribution in [-0.2, 0) is 19.5 Å². The Kier molecular flexibility index (Phi) is 8.17. The summed E-state index contributed by atoms with van der Waals surface area (Å²) in [4.78, 5) is 17.5.